The highest BCUT2D eigenvalue weighted by molar-refractivity contribution is 7.98. The van der Waals surface area contributed by atoms with E-state index < -0.39 is 0 Å². The lowest BCUT2D eigenvalue weighted by Gasteiger charge is -2.04. The first-order valence-corrected chi connectivity index (χ1v) is 7.48. The van der Waals surface area contributed by atoms with Gasteiger partial charge in [-0.2, -0.15) is 4.98 Å². The first-order chi connectivity index (χ1) is 9.19. The molecule has 2 aromatic rings. The van der Waals surface area contributed by atoms with Gasteiger partial charge in [0.15, 0.2) is 5.82 Å². The van der Waals surface area contributed by atoms with Crippen LogP contribution in [0, 0.1) is 6.92 Å². The zero-order valence-corrected chi connectivity index (χ0v) is 12.2. The second kappa shape index (κ2) is 6.61. The third kappa shape index (κ3) is 3.99. The van der Waals surface area contributed by atoms with Gasteiger partial charge < -0.3 is 10.3 Å². The summed E-state index contributed by atoms with van der Waals surface area (Å²) in [6.07, 6.45) is 3.12. The van der Waals surface area contributed by atoms with E-state index in [1.165, 1.54) is 5.56 Å². The third-order valence-corrected chi connectivity index (χ3v) is 3.85. The predicted molar refractivity (Wildman–Crippen MR) is 78.1 cm³/mol. The van der Waals surface area contributed by atoms with Crippen molar-refractivity contribution in [2.75, 3.05) is 5.73 Å². The Morgan fingerprint density at radius 2 is 2.21 bits per heavy atom. The molecule has 1 heterocycles. The van der Waals surface area contributed by atoms with Crippen LogP contribution in [-0.2, 0) is 12.2 Å². The van der Waals surface area contributed by atoms with Gasteiger partial charge in [0.2, 0.25) is 5.89 Å². The van der Waals surface area contributed by atoms with Gasteiger partial charge in [0.1, 0.15) is 0 Å². The number of aryl methyl sites for hydroxylation is 2. The maximum atomic E-state index is 5.97. The summed E-state index contributed by atoms with van der Waals surface area (Å²) in [6, 6.07) is 6.06. The fourth-order valence-electron chi connectivity index (χ4n) is 1.72. The van der Waals surface area contributed by atoms with Crippen molar-refractivity contribution in [3.05, 3.63) is 35.5 Å². The van der Waals surface area contributed by atoms with Crippen LogP contribution in [0.1, 0.15) is 37.0 Å². The molecule has 0 radical (unpaired) electrons. The fourth-order valence-corrected chi connectivity index (χ4v) is 2.51. The standard InChI is InChI=1S/C14H19N3OS/c1-3-4-5-13-16-14(18-17-13)9-19-12-7-6-10(2)8-11(12)15/h6-8H,3-5,9,15H2,1-2H3. The van der Waals surface area contributed by atoms with Gasteiger partial charge in [0, 0.05) is 17.0 Å². The van der Waals surface area contributed by atoms with E-state index in [0.717, 1.165) is 35.7 Å². The highest BCUT2D eigenvalue weighted by atomic mass is 32.2. The summed E-state index contributed by atoms with van der Waals surface area (Å²) in [5.74, 6) is 2.12. The largest absolute Gasteiger partial charge is 0.398 e. The molecular weight excluding hydrogens is 258 g/mol. The number of nitrogens with zero attached hydrogens (tertiary/aromatic N) is 2. The van der Waals surface area contributed by atoms with Gasteiger partial charge in [0.05, 0.1) is 5.75 Å². The first-order valence-electron chi connectivity index (χ1n) is 6.49. The molecule has 5 heteroatoms. The number of hydrogen-bond acceptors (Lipinski definition) is 5. The van der Waals surface area contributed by atoms with Crippen LogP contribution < -0.4 is 5.73 Å². The second-order valence-electron chi connectivity index (χ2n) is 4.54. The lowest BCUT2D eigenvalue weighted by atomic mass is 10.2. The number of rotatable bonds is 6. The maximum absolute atomic E-state index is 5.97. The topological polar surface area (TPSA) is 64.9 Å². The van der Waals surface area contributed by atoms with Gasteiger partial charge in [-0.25, -0.2) is 0 Å². The summed E-state index contributed by atoms with van der Waals surface area (Å²) in [5.41, 5.74) is 7.94. The molecule has 2 rings (SSSR count). The molecule has 0 saturated heterocycles. The number of nitrogens with two attached hydrogens (primary N) is 1. The van der Waals surface area contributed by atoms with Gasteiger partial charge in [-0.1, -0.05) is 24.6 Å². The molecule has 0 unspecified atom stereocenters. The molecule has 1 aromatic heterocycles. The summed E-state index contributed by atoms with van der Waals surface area (Å²) < 4.78 is 5.22. The molecule has 19 heavy (non-hydrogen) atoms. The molecule has 102 valence electrons. The number of hydrogen-bond donors (Lipinski definition) is 1. The Hall–Kier alpha value is -1.49. The molecule has 0 atom stereocenters. The zero-order chi connectivity index (χ0) is 13.7. The highest BCUT2D eigenvalue weighted by Crippen LogP contribution is 2.28. The highest BCUT2D eigenvalue weighted by Gasteiger charge is 2.08. The number of anilines is 1. The van der Waals surface area contributed by atoms with Gasteiger partial charge in [-0.3, -0.25) is 0 Å². The number of benzene rings is 1. The normalized spacial score (nSPS) is 10.8. The van der Waals surface area contributed by atoms with E-state index in [2.05, 4.69) is 23.1 Å². The Bertz CT molecular complexity index is 539. The van der Waals surface area contributed by atoms with Crippen LogP contribution in [0.5, 0.6) is 0 Å². The van der Waals surface area contributed by atoms with Gasteiger partial charge in [0.25, 0.3) is 0 Å². The van der Waals surface area contributed by atoms with Crippen molar-refractivity contribution in [2.24, 2.45) is 0 Å². The van der Waals surface area contributed by atoms with E-state index in [-0.39, 0.29) is 0 Å². The van der Waals surface area contributed by atoms with Crippen molar-refractivity contribution in [1.82, 2.24) is 10.1 Å². The SMILES string of the molecule is CCCCc1noc(CSc2ccc(C)cc2N)n1. The fraction of sp³-hybridized carbons (Fsp3) is 0.429. The van der Waals surface area contributed by atoms with E-state index in [0.29, 0.717) is 11.6 Å². The molecule has 0 aliphatic carbocycles. The third-order valence-electron chi connectivity index (χ3n) is 2.78. The summed E-state index contributed by atoms with van der Waals surface area (Å²) in [7, 11) is 0. The smallest absolute Gasteiger partial charge is 0.237 e. The average molecular weight is 277 g/mol. The monoisotopic (exact) mass is 277 g/mol. The summed E-state index contributed by atoms with van der Waals surface area (Å²) in [6.45, 7) is 4.18. The van der Waals surface area contributed by atoms with Crippen LogP contribution in [-0.4, -0.2) is 10.1 Å². The van der Waals surface area contributed by atoms with Crippen LogP contribution in [0.3, 0.4) is 0 Å². The van der Waals surface area contributed by atoms with E-state index in [4.69, 9.17) is 10.3 Å². The van der Waals surface area contributed by atoms with Crippen molar-refractivity contribution in [2.45, 2.75) is 43.8 Å². The number of nitrogen functional groups attached to an aromatic ring is 1. The minimum Gasteiger partial charge on any atom is -0.398 e. The van der Waals surface area contributed by atoms with E-state index in [1.54, 1.807) is 11.8 Å². The Balaban J connectivity index is 1.92. The number of unbranched alkanes of at least 4 members (excludes halogenated alkanes) is 1. The van der Waals surface area contributed by atoms with Crippen LogP contribution in [0.15, 0.2) is 27.6 Å². The van der Waals surface area contributed by atoms with E-state index in [9.17, 15) is 0 Å². The van der Waals surface area contributed by atoms with Crippen LogP contribution in [0.2, 0.25) is 0 Å². The van der Waals surface area contributed by atoms with Crippen molar-refractivity contribution >= 4 is 17.4 Å². The summed E-state index contributed by atoms with van der Waals surface area (Å²) in [4.78, 5) is 5.43. The zero-order valence-electron chi connectivity index (χ0n) is 11.3. The second-order valence-corrected chi connectivity index (χ2v) is 5.56. The van der Waals surface area contributed by atoms with Crippen molar-refractivity contribution in [1.29, 1.82) is 0 Å². The molecule has 0 bridgehead atoms. The molecule has 4 nitrogen and oxygen atoms in total. The van der Waals surface area contributed by atoms with E-state index >= 15 is 0 Å². The molecule has 0 amide bonds. The van der Waals surface area contributed by atoms with Gasteiger partial charge in [-0.05, 0) is 31.0 Å². The minimum absolute atomic E-state index is 0.659. The van der Waals surface area contributed by atoms with Gasteiger partial charge in [-0.15, -0.1) is 11.8 Å². The molecule has 0 spiro atoms. The summed E-state index contributed by atoms with van der Waals surface area (Å²) >= 11 is 1.62. The van der Waals surface area contributed by atoms with Crippen molar-refractivity contribution in [3.63, 3.8) is 0 Å². The minimum atomic E-state index is 0.659. The number of thioether (sulfide) groups is 1. The molecule has 1 aromatic carbocycles. The molecule has 0 saturated carbocycles. The van der Waals surface area contributed by atoms with E-state index in [1.807, 2.05) is 19.1 Å². The van der Waals surface area contributed by atoms with Crippen LogP contribution in [0.4, 0.5) is 5.69 Å². The molecular formula is C14H19N3OS. The number of aromatic nitrogens is 2. The molecule has 0 aliphatic heterocycles. The van der Waals surface area contributed by atoms with Gasteiger partial charge >= 0.3 is 0 Å². The lowest BCUT2D eigenvalue weighted by Crippen LogP contribution is -1.91. The molecule has 2 N–H and O–H groups in total. The van der Waals surface area contributed by atoms with Crippen LogP contribution >= 0.6 is 11.8 Å². The predicted octanol–water partition coefficient (Wildman–Crippen LogP) is 3.60. The molecule has 0 fully saturated rings. The Labute approximate surface area is 117 Å². The average Bonchev–Trinajstić information content (AvgIpc) is 2.83. The van der Waals surface area contributed by atoms with Crippen molar-refractivity contribution < 1.29 is 4.52 Å². The maximum Gasteiger partial charge on any atom is 0.237 e. The Kier molecular flexibility index (Phi) is 4.85. The Morgan fingerprint density at radius 3 is 2.95 bits per heavy atom. The summed E-state index contributed by atoms with van der Waals surface area (Å²) in [5, 5.41) is 3.97. The molecule has 0 aliphatic rings. The lowest BCUT2D eigenvalue weighted by molar-refractivity contribution is 0.384. The van der Waals surface area contributed by atoms with Crippen molar-refractivity contribution in [3.8, 4) is 0 Å². The quantitative estimate of drug-likeness (QED) is 0.645. The van der Waals surface area contributed by atoms with Crippen LogP contribution in [0.25, 0.3) is 0 Å². The first kappa shape index (κ1) is 13.9. The Morgan fingerprint density at radius 1 is 1.37 bits per heavy atom.